The molecule has 3 aromatic carbocycles. The second kappa shape index (κ2) is 10.4. The van der Waals surface area contributed by atoms with E-state index in [1.807, 2.05) is 18.2 Å². The first kappa shape index (κ1) is 25.7. The minimum absolute atomic E-state index is 0.000641. The predicted octanol–water partition coefficient (Wildman–Crippen LogP) is 5.31. The van der Waals surface area contributed by atoms with Crippen LogP contribution >= 0.6 is 0 Å². The molecular weight excluding hydrogens is 500 g/mol. The Morgan fingerprint density at radius 1 is 1.03 bits per heavy atom. The van der Waals surface area contributed by atoms with E-state index in [4.69, 9.17) is 14.2 Å². The smallest absolute Gasteiger partial charge is 0.336 e. The van der Waals surface area contributed by atoms with Crippen molar-refractivity contribution in [3.8, 4) is 11.5 Å². The molecule has 1 atom stereocenters. The maximum absolute atomic E-state index is 13.6. The van der Waals surface area contributed by atoms with Crippen molar-refractivity contribution in [3.05, 3.63) is 116 Å². The molecule has 0 radical (unpaired) electrons. The highest BCUT2D eigenvalue weighted by atomic mass is 16.6. The molecule has 0 amide bonds. The largest absolute Gasteiger partial charge is 0.493 e. The maximum atomic E-state index is 13.6. The van der Waals surface area contributed by atoms with E-state index in [9.17, 15) is 19.7 Å². The number of nitro groups is 1. The van der Waals surface area contributed by atoms with Crippen LogP contribution in [0.25, 0.3) is 5.70 Å². The lowest BCUT2D eigenvalue weighted by molar-refractivity contribution is -0.384. The fourth-order valence-corrected chi connectivity index (χ4v) is 5.00. The molecule has 9 heteroatoms. The van der Waals surface area contributed by atoms with Gasteiger partial charge in [-0.1, -0.05) is 30.3 Å². The molecule has 39 heavy (non-hydrogen) atoms. The average molecular weight is 527 g/mol. The van der Waals surface area contributed by atoms with Crippen LogP contribution in [0.5, 0.6) is 11.5 Å². The fourth-order valence-electron chi connectivity index (χ4n) is 5.00. The first-order valence-electron chi connectivity index (χ1n) is 12.4. The number of Topliss-reactive ketones (excluding diaryl/α,β-unsaturated/α-hetero) is 1. The molecule has 198 valence electrons. The quantitative estimate of drug-likeness (QED) is 0.238. The number of nitro benzene ring substituents is 1. The van der Waals surface area contributed by atoms with Crippen molar-refractivity contribution in [2.75, 3.05) is 13.7 Å². The Bertz CT molecular complexity index is 1550. The van der Waals surface area contributed by atoms with Crippen molar-refractivity contribution in [1.29, 1.82) is 0 Å². The molecule has 9 nitrogen and oxygen atoms in total. The highest BCUT2D eigenvalue weighted by Crippen LogP contribution is 2.48. The molecule has 0 saturated heterocycles. The summed E-state index contributed by atoms with van der Waals surface area (Å²) in [6, 6.07) is 18.7. The topological polar surface area (TPSA) is 117 Å². The predicted molar refractivity (Wildman–Crippen MR) is 143 cm³/mol. The average Bonchev–Trinajstić information content (AvgIpc) is 3.22. The zero-order valence-corrected chi connectivity index (χ0v) is 21.6. The van der Waals surface area contributed by atoms with Gasteiger partial charge in [-0.15, -0.1) is 0 Å². The van der Waals surface area contributed by atoms with Gasteiger partial charge in [-0.2, -0.15) is 0 Å². The van der Waals surface area contributed by atoms with E-state index in [2.05, 4.69) is 5.32 Å². The molecule has 3 aromatic rings. The van der Waals surface area contributed by atoms with Gasteiger partial charge in [-0.3, -0.25) is 14.9 Å². The van der Waals surface area contributed by atoms with Gasteiger partial charge in [-0.25, -0.2) is 4.79 Å². The molecule has 0 saturated carbocycles. The van der Waals surface area contributed by atoms with Crippen LogP contribution in [0.15, 0.2) is 83.6 Å². The molecule has 0 fully saturated rings. The van der Waals surface area contributed by atoms with Crippen molar-refractivity contribution in [2.24, 2.45) is 0 Å². The molecule has 0 aromatic heterocycles. The van der Waals surface area contributed by atoms with Crippen molar-refractivity contribution in [3.63, 3.8) is 0 Å². The summed E-state index contributed by atoms with van der Waals surface area (Å²) in [6.45, 7) is 3.90. The standard InChI is InChI=1S/C30H26N2O7/c1-4-38-30(34)25-17(2)31-28-21-7-5-6-8-22(21)29(33)27(28)26(25)19-11-14-23(24(15-19)37-3)39-16-18-9-12-20(13-10-18)32(35)36/h5-15,26,31H,4,16H2,1-3H3/t26-/m0/s1. The second-order valence-electron chi connectivity index (χ2n) is 9.10. The number of rotatable bonds is 8. The highest BCUT2D eigenvalue weighted by molar-refractivity contribution is 6.23. The van der Waals surface area contributed by atoms with Crippen LogP contribution < -0.4 is 14.8 Å². The number of carbonyl (C=O) groups excluding carboxylic acids is 2. The second-order valence-corrected chi connectivity index (χ2v) is 9.10. The SMILES string of the molecule is CCOC(=O)C1=C(C)NC2=C(C(=O)c3ccccc32)[C@H]1c1ccc(OCc2ccc([N+](=O)[O-])cc2)c(OC)c1. The number of ether oxygens (including phenoxy) is 3. The molecule has 1 heterocycles. The number of nitrogens with zero attached hydrogens (tertiary/aromatic N) is 1. The first-order chi connectivity index (χ1) is 18.8. The Morgan fingerprint density at radius 2 is 1.74 bits per heavy atom. The number of methoxy groups -OCH3 is 1. The Labute approximate surface area is 224 Å². The highest BCUT2D eigenvalue weighted by Gasteiger charge is 2.43. The van der Waals surface area contributed by atoms with Gasteiger partial charge in [0.1, 0.15) is 6.61 Å². The summed E-state index contributed by atoms with van der Waals surface area (Å²) in [5, 5.41) is 14.2. The van der Waals surface area contributed by atoms with Crippen LogP contribution in [0.3, 0.4) is 0 Å². The summed E-state index contributed by atoms with van der Waals surface area (Å²) in [7, 11) is 1.51. The Balaban J connectivity index is 1.52. The van der Waals surface area contributed by atoms with Crippen LogP contribution in [0.1, 0.15) is 46.8 Å². The van der Waals surface area contributed by atoms with Gasteiger partial charge in [-0.05, 0) is 49.2 Å². The van der Waals surface area contributed by atoms with Gasteiger partial charge in [0.2, 0.25) is 0 Å². The molecule has 2 aliphatic rings. The molecular formula is C30H26N2O7. The number of dihydropyridines is 1. The lowest BCUT2D eigenvalue weighted by Gasteiger charge is -2.29. The maximum Gasteiger partial charge on any atom is 0.336 e. The number of fused-ring (bicyclic) bond motifs is 2. The number of ketones is 1. The van der Waals surface area contributed by atoms with E-state index < -0.39 is 16.8 Å². The molecule has 0 spiro atoms. The van der Waals surface area contributed by atoms with E-state index in [1.165, 1.54) is 19.2 Å². The van der Waals surface area contributed by atoms with E-state index in [0.29, 0.717) is 45.2 Å². The Morgan fingerprint density at radius 3 is 2.41 bits per heavy atom. The third-order valence-electron chi connectivity index (χ3n) is 6.81. The van der Waals surface area contributed by atoms with E-state index >= 15 is 0 Å². The number of non-ortho nitro benzene ring substituents is 1. The number of allylic oxidation sites excluding steroid dienone is 2. The zero-order valence-electron chi connectivity index (χ0n) is 21.6. The fraction of sp³-hybridized carbons (Fsp3) is 0.200. The molecule has 1 aliphatic heterocycles. The number of hydrogen-bond acceptors (Lipinski definition) is 8. The third kappa shape index (κ3) is 4.63. The van der Waals surface area contributed by atoms with Crippen LogP contribution in [0.4, 0.5) is 5.69 Å². The van der Waals surface area contributed by atoms with Crippen LogP contribution in [0.2, 0.25) is 0 Å². The third-order valence-corrected chi connectivity index (χ3v) is 6.81. The summed E-state index contributed by atoms with van der Waals surface area (Å²) in [6.07, 6.45) is 0. The summed E-state index contributed by atoms with van der Waals surface area (Å²) in [5.74, 6) is -0.468. The number of carbonyl (C=O) groups is 2. The van der Waals surface area contributed by atoms with Gasteiger partial charge in [0, 0.05) is 40.4 Å². The van der Waals surface area contributed by atoms with E-state index in [0.717, 1.165) is 11.1 Å². The normalized spacial score (nSPS) is 15.9. The molecule has 1 N–H and O–H groups in total. The summed E-state index contributed by atoms with van der Waals surface area (Å²) in [5.41, 5.74) is 4.92. The van der Waals surface area contributed by atoms with Crippen LogP contribution in [-0.4, -0.2) is 30.4 Å². The summed E-state index contributed by atoms with van der Waals surface area (Å²) < 4.78 is 17.0. The zero-order chi connectivity index (χ0) is 27.7. The van der Waals surface area contributed by atoms with Crippen LogP contribution in [0, 0.1) is 10.1 Å². The number of benzene rings is 3. The van der Waals surface area contributed by atoms with Gasteiger partial charge in [0.05, 0.1) is 29.9 Å². The molecule has 0 bridgehead atoms. The molecule has 0 unspecified atom stereocenters. The van der Waals surface area contributed by atoms with Gasteiger partial charge in [0.15, 0.2) is 17.3 Å². The first-order valence-corrected chi connectivity index (χ1v) is 12.4. The molecule has 1 aliphatic carbocycles. The van der Waals surface area contributed by atoms with Crippen molar-refractivity contribution < 1.29 is 28.7 Å². The monoisotopic (exact) mass is 526 g/mol. The minimum Gasteiger partial charge on any atom is -0.493 e. The summed E-state index contributed by atoms with van der Waals surface area (Å²) >= 11 is 0. The molecule has 5 rings (SSSR count). The van der Waals surface area contributed by atoms with E-state index in [1.54, 1.807) is 50.2 Å². The van der Waals surface area contributed by atoms with Gasteiger partial charge in [0.25, 0.3) is 5.69 Å². The van der Waals surface area contributed by atoms with E-state index in [-0.39, 0.29) is 24.7 Å². The van der Waals surface area contributed by atoms with Crippen molar-refractivity contribution in [1.82, 2.24) is 5.32 Å². The van der Waals surface area contributed by atoms with Crippen LogP contribution in [-0.2, 0) is 16.1 Å². The van der Waals surface area contributed by atoms with Gasteiger partial charge < -0.3 is 19.5 Å². The lowest BCUT2D eigenvalue weighted by Crippen LogP contribution is -2.29. The van der Waals surface area contributed by atoms with Gasteiger partial charge >= 0.3 is 5.97 Å². The Hall–Kier alpha value is -4.92. The number of hydrogen-bond donors (Lipinski definition) is 1. The number of esters is 1. The van der Waals surface area contributed by atoms with Crippen molar-refractivity contribution in [2.45, 2.75) is 26.4 Å². The summed E-state index contributed by atoms with van der Waals surface area (Å²) in [4.78, 5) is 37.2. The number of nitrogens with one attached hydrogen (secondary N) is 1. The minimum atomic E-state index is -0.683. The van der Waals surface area contributed by atoms with Crippen molar-refractivity contribution >= 4 is 23.1 Å². The lowest BCUT2D eigenvalue weighted by atomic mass is 9.79. The Kier molecular flexibility index (Phi) is 6.89.